The molecule has 1 amide bonds. The van der Waals surface area contributed by atoms with Crippen molar-refractivity contribution in [3.8, 4) is 0 Å². The Balaban J connectivity index is 1.99. The second-order valence-electron chi connectivity index (χ2n) is 5.30. The Morgan fingerprint density at radius 1 is 1.50 bits per heavy atom. The van der Waals surface area contributed by atoms with Crippen molar-refractivity contribution in [3.63, 3.8) is 0 Å². The average molecular weight is 392 g/mol. The summed E-state index contributed by atoms with van der Waals surface area (Å²) < 4.78 is 34.1. The van der Waals surface area contributed by atoms with Crippen LogP contribution in [0.3, 0.4) is 0 Å². The molecule has 24 heavy (non-hydrogen) atoms. The van der Waals surface area contributed by atoms with E-state index in [1.807, 2.05) is 0 Å². The van der Waals surface area contributed by atoms with E-state index in [2.05, 4.69) is 5.32 Å². The van der Waals surface area contributed by atoms with Gasteiger partial charge in [0.2, 0.25) is 5.91 Å². The highest BCUT2D eigenvalue weighted by atomic mass is 32.2. The summed E-state index contributed by atoms with van der Waals surface area (Å²) in [4.78, 5) is 23.1. The summed E-state index contributed by atoms with van der Waals surface area (Å²) in [5.41, 5.74) is -0.205. The van der Waals surface area contributed by atoms with Crippen LogP contribution in [0.5, 0.6) is 0 Å². The monoisotopic (exact) mass is 392 g/mol. The van der Waals surface area contributed by atoms with Crippen LogP contribution in [0.15, 0.2) is 28.0 Å². The number of hydrogen-bond acceptors (Lipinski definition) is 7. The van der Waals surface area contributed by atoms with E-state index in [1.54, 1.807) is 0 Å². The van der Waals surface area contributed by atoms with Crippen molar-refractivity contribution in [1.82, 2.24) is 5.32 Å². The molecule has 0 spiro atoms. The van der Waals surface area contributed by atoms with E-state index in [4.69, 9.17) is 0 Å². The Hall–Kier alpha value is -1.46. The standard InChI is InChI=1S/C13H16N2O6S3/c1-23(19)10-2-3-12(11(6-10)15(17)18)22-7-13(16)14-9-4-5-24(20,21)8-9/h2-3,6,9H,4-5,7-8H2,1H3,(H,14,16)/t9-,23+/m1/s1. The molecule has 1 aliphatic heterocycles. The van der Waals surface area contributed by atoms with E-state index in [0.29, 0.717) is 16.2 Å². The number of rotatable bonds is 6. The van der Waals surface area contributed by atoms with E-state index >= 15 is 0 Å². The Labute approximate surface area is 145 Å². The van der Waals surface area contributed by atoms with Gasteiger partial charge in [0.05, 0.1) is 37.9 Å². The van der Waals surface area contributed by atoms with Crippen molar-refractivity contribution in [3.05, 3.63) is 28.3 Å². The third-order valence-electron chi connectivity index (χ3n) is 3.42. The molecular weight excluding hydrogens is 376 g/mol. The molecule has 0 aliphatic carbocycles. The van der Waals surface area contributed by atoms with Crippen molar-refractivity contribution in [2.45, 2.75) is 22.3 Å². The lowest BCUT2D eigenvalue weighted by Gasteiger charge is -2.10. The highest BCUT2D eigenvalue weighted by Crippen LogP contribution is 2.30. The van der Waals surface area contributed by atoms with Crippen molar-refractivity contribution in [2.75, 3.05) is 23.5 Å². The molecular formula is C13H16N2O6S3. The van der Waals surface area contributed by atoms with Crippen LogP contribution >= 0.6 is 11.8 Å². The zero-order valence-corrected chi connectivity index (χ0v) is 15.2. The fourth-order valence-corrected chi connectivity index (χ4v) is 5.29. The Bertz CT molecular complexity index is 793. The van der Waals surface area contributed by atoms with Crippen LogP contribution in [0.25, 0.3) is 0 Å². The molecule has 132 valence electrons. The highest BCUT2D eigenvalue weighted by molar-refractivity contribution is 8.00. The molecule has 2 atom stereocenters. The van der Waals surface area contributed by atoms with Gasteiger partial charge in [0.1, 0.15) is 0 Å². The number of carbonyl (C=O) groups is 1. The fourth-order valence-electron chi connectivity index (χ4n) is 2.26. The van der Waals surface area contributed by atoms with Gasteiger partial charge in [-0.1, -0.05) is 0 Å². The zero-order valence-electron chi connectivity index (χ0n) is 12.8. The topological polar surface area (TPSA) is 123 Å². The normalized spacial score (nSPS) is 20.5. The number of sulfone groups is 1. The molecule has 2 rings (SSSR count). The molecule has 1 aliphatic rings. The van der Waals surface area contributed by atoms with E-state index in [1.165, 1.54) is 24.5 Å². The van der Waals surface area contributed by atoms with E-state index < -0.39 is 31.6 Å². The Kier molecular flexibility index (Phi) is 5.99. The molecule has 0 unspecified atom stereocenters. The number of nitrogens with one attached hydrogen (secondary N) is 1. The lowest BCUT2D eigenvalue weighted by molar-refractivity contribution is -0.387. The molecule has 0 saturated carbocycles. The van der Waals surface area contributed by atoms with Gasteiger partial charge >= 0.3 is 0 Å². The lowest BCUT2D eigenvalue weighted by atomic mass is 10.3. The molecule has 1 N–H and O–H groups in total. The summed E-state index contributed by atoms with van der Waals surface area (Å²) in [5, 5.41) is 13.7. The highest BCUT2D eigenvalue weighted by Gasteiger charge is 2.29. The second kappa shape index (κ2) is 7.62. The Morgan fingerprint density at radius 2 is 2.21 bits per heavy atom. The molecule has 8 nitrogen and oxygen atoms in total. The number of benzene rings is 1. The van der Waals surface area contributed by atoms with E-state index in [-0.39, 0.29) is 28.9 Å². The summed E-state index contributed by atoms with van der Waals surface area (Å²) in [7, 11) is -4.42. The molecule has 0 radical (unpaired) electrons. The van der Waals surface area contributed by atoms with E-state index in [0.717, 1.165) is 11.8 Å². The molecule has 1 heterocycles. The van der Waals surface area contributed by atoms with E-state index in [9.17, 15) is 27.5 Å². The number of nitro benzene ring substituents is 1. The first-order valence-electron chi connectivity index (χ1n) is 6.92. The summed E-state index contributed by atoms with van der Waals surface area (Å²) >= 11 is 0.985. The predicted molar refractivity (Wildman–Crippen MR) is 91.4 cm³/mol. The van der Waals surface area contributed by atoms with Gasteiger partial charge in [0.25, 0.3) is 5.69 Å². The number of amides is 1. The number of thioether (sulfide) groups is 1. The van der Waals surface area contributed by atoms with Crippen molar-refractivity contribution in [1.29, 1.82) is 0 Å². The quantitative estimate of drug-likeness (QED) is 0.430. The van der Waals surface area contributed by atoms with Crippen LogP contribution < -0.4 is 5.32 Å². The number of nitro groups is 1. The van der Waals surface area contributed by atoms with Crippen LogP contribution in [0.4, 0.5) is 5.69 Å². The maximum absolute atomic E-state index is 11.9. The number of hydrogen-bond donors (Lipinski definition) is 1. The first kappa shape index (κ1) is 18.9. The largest absolute Gasteiger partial charge is 0.352 e. The molecule has 11 heteroatoms. The molecule has 1 aromatic rings. The summed E-state index contributed by atoms with van der Waals surface area (Å²) in [6.45, 7) is 0. The smallest absolute Gasteiger partial charge is 0.284 e. The summed E-state index contributed by atoms with van der Waals surface area (Å²) in [6, 6.07) is 3.82. The van der Waals surface area contributed by atoms with Crippen molar-refractivity contribution >= 4 is 44.0 Å². The maximum atomic E-state index is 11.9. The number of carbonyl (C=O) groups excluding carboxylic acids is 1. The molecule has 0 bridgehead atoms. The van der Waals surface area contributed by atoms with Crippen LogP contribution in [0.2, 0.25) is 0 Å². The lowest BCUT2D eigenvalue weighted by Crippen LogP contribution is -2.36. The van der Waals surface area contributed by atoms with Gasteiger partial charge < -0.3 is 5.32 Å². The molecule has 1 fully saturated rings. The predicted octanol–water partition coefficient (Wildman–Crippen LogP) is 0.728. The van der Waals surface area contributed by atoms with Gasteiger partial charge in [-0.05, 0) is 18.6 Å². The van der Waals surface area contributed by atoms with Gasteiger partial charge in [-0.3, -0.25) is 19.1 Å². The minimum absolute atomic E-state index is 0.0617. The SMILES string of the molecule is C[S@](=O)c1ccc(SCC(=O)N[C@@H]2CCS(=O)(=O)C2)c([N+](=O)[O-])c1. The van der Waals surface area contributed by atoms with Gasteiger partial charge in [-0.25, -0.2) is 8.42 Å². The minimum atomic E-state index is -3.08. The average Bonchev–Trinajstić information content (AvgIpc) is 2.83. The Morgan fingerprint density at radius 3 is 2.75 bits per heavy atom. The van der Waals surface area contributed by atoms with Crippen LogP contribution in [-0.2, 0) is 25.4 Å². The first-order valence-corrected chi connectivity index (χ1v) is 11.3. The molecule has 1 aromatic carbocycles. The summed E-state index contributed by atoms with van der Waals surface area (Å²) in [5.74, 6) is -0.446. The molecule has 1 saturated heterocycles. The van der Waals surface area contributed by atoms with Crippen LogP contribution in [-0.4, -0.2) is 53.0 Å². The first-order chi connectivity index (χ1) is 11.2. The minimum Gasteiger partial charge on any atom is -0.352 e. The van der Waals surface area contributed by atoms with Crippen LogP contribution in [0, 0.1) is 10.1 Å². The van der Waals surface area contributed by atoms with Gasteiger partial charge in [-0.15, -0.1) is 11.8 Å². The molecule has 0 aromatic heterocycles. The zero-order chi connectivity index (χ0) is 17.9. The van der Waals surface area contributed by atoms with Gasteiger partial charge in [0, 0.05) is 23.3 Å². The maximum Gasteiger partial charge on any atom is 0.284 e. The fraction of sp³-hybridized carbons (Fsp3) is 0.462. The second-order valence-corrected chi connectivity index (χ2v) is 9.92. The number of nitrogens with zero attached hydrogens (tertiary/aromatic N) is 1. The summed E-state index contributed by atoms with van der Waals surface area (Å²) in [6.07, 6.45) is 1.81. The van der Waals surface area contributed by atoms with Gasteiger partial charge in [0.15, 0.2) is 9.84 Å². The van der Waals surface area contributed by atoms with Crippen molar-refractivity contribution in [2.24, 2.45) is 0 Å². The van der Waals surface area contributed by atoms with Crippen LogP contribution in [0.1, 0.15) is 6.42 Å². The third-order valence-corrected chi connectivity index (χ3v) is 7.16. The van der Waals surface area contributed by atoms with Gasteiger partial charge in [-0.2, -0.15) is 0 Å². The van der Waals surface area contributed by atoms with Crippen molar-refractivity contribution < 1.29 is 22.3 Å². The third kappa shape index (κ3) is 5.02.